The van der Waals surface area contributed by atoms with Crippen molar-refractivity contribution in [1.82, 2.24) is 4.57 Å². The fraction of sp³-hybridized carbons (Fsp3) is 0.615. The average Bonchev–Trinajstić information content (AvgIpc) is 2.20. The lowest BCUT2D eigenvalue weighted by Gasteiger charge is -2.05. The Kier molecular flexibility index (Phi) is 5.16. The topological polar surface area (TPSA) is 22.0 Å². The van der Waals surface area contributed by atoms with Gasteiger partial charge in [-0.2, -0.15) is 0 Å². The highest BCUT2D eigenvalue weighted by atomic mass is 16.1. The highest BCUT2D eigenvalue weighted by Gasteiger charge is 1.95. The molecule has 0 saturated heterocycles. The highest BCUT2D eigenvalue weighted by molar-refractivity contribution is 5.07. The number of rotatable bonds is 6. The summed E-state index contributed by atoms with van der Waals surface area (Å²) in [6.45, 7) is 5.03. The van der Waals surface area contributed by atoms with Crippen LogP contribution in [0.1, 0.15) is 44.6 Å². The van der Waals surface area contributed by atoms with E-state index in [1.54, 1.807) is 10.6 Å². The Balaban J connectivity index is 2.34. The average molecular weight is 207 g/mol. The number of unbranched alkanes of at least 4 members (excludes halogenated alkanes) is 4. The van der Waals surface area contributed by atoms with Gasteiger partial charge in [0.25, 0.3) is 5.56 Å². The fourth-order valence-electron chi connectivity index (χ4n) is 1.68. The molecule has 15 heavy (non-hydrogen) atoms. The molecule has 0 aliphatic carbocycles. The molecule has 0 unspecified atom stereocenters. The van der Waals surface area contributed by atoms with E-state index in [0.717, 1.165) is 18.5 Å². The van der Waals surface area contributed by atoms with Crippen molar-refractivity contribution in [2.45, 2.75) is 52.5 Å². The monoisotopic (exact) mass is 207 g/mol. The SMILES string of the molecule is CCCCCCCn1ccc(C)cc1=O. The Bertz CT molecular complexity index is 341. The zero-order valence-corrected chi connectivity index (χ0v) is 9.83. The smallest absolute Gasteiger partial charge is 0.250 e. The maximum atomic E-state index is 11.5. The Morgan fingerprint density at radius 1 is 1.20 bits per heavy atom. The molecule has 1 aromatic heterocycles. The standard InChI is InChI=1S/C13H21NO/c1-3-4-5-6-7-9-14-10-8-12(2)11-13(14)15/h8,10-11H,3-7,9H2,1-2H3. The fourth-order valence-corrected chi connectivity index (χ4v) is 1.68. The van der Waals surface area contributed by atoms with E-state index in [1.165, 1.54) is 25.7 Å². The first kappa shape index (κ1) is 12.0. The summed E-state index contributed by atoms with van der Waals surface area (Å²) in [5.74, 6) is 0. The van der Waals surface area contributed by atoms with Gasteiger partial charge in [-0.15, -0.1) is 0 Å². The first-order valence-corrected chi connectivity index (χ1v) is 5.91. The van der Waals surface area contributed by atoms with Crippen molar-refractivity contribution >= 4 is 0 Å². The number of hydrogen-bond acceptors (Lipinski definition) is 1. The van der Waals surface area contributed by atoms with Crippen molar-refractivity contribution in [3.05, 3.63) is 34.2 Å². The van der Waals surface area contributed by atoms with Gasteiger partial charge < -0.3 is 4.57 Å². The molecule has 1 heterocycles. The zero-order valence-electron chi connectivity index (χ0n) is 9.83. The molecule has 2 heteroatoms. The van der Waals surface area contributed by atoms with Gasteiger partial charge in [-0.25, -0.2) is 0 Å². The molecule has 1 rings (SSSR count). The molecule has 0 bridgehead atoms. The molecule has 84 valence electrons. The summed E-state index contributed by atoms with van der Waals surface area (Å²) in [7, 11) is 0. The molecule has 0 radical (unpaired) electrons. The van der Waals surface area contributed by atoms with E-state index in [0.29, 0.717) is 0 Å². The minimum Gasteiger partial charge on any atom is -0.316 e. The van der Waals surface area contributed by atoms with Gasteiger partial charge in [0.2, 0.25) is 0 Å². The summed E-state index contributed by atoms with van der Waals surface area (Å²) in [5, 5.41) is 0. The number of hydrogen-bond donors (Lipinski definition) is 0. The summed E-state index contributed by atoms with van der Waals surface area (Å²) in [6, 6.07) is 3.69. The van der Waals surface area contributed by atoms with Gasteiger partial charge in [-0.3, -0.25) is 4.79 Å². The normalized spacial score (nSPS) is 10.5. The van der Waals surface area contributed by atoms with Crippen LogP contribution >= 0.6 is 0 Å². The Morgan fingerprint density at radius 3 is 2.60 bits per heavy atom. The van der Waals surface area contributed by atoms with Crippen LogP contribution in [0.2, 0.25) is 0 Å². The van der Waals surface area contributed by atoms with Crippen molar-refractivity contribution in [3.8, 4) is 0 Å². The van der Waals surface area contributed by atoms with Crippen molar-refractivity contribution < 1.29 is 0 Å². The molecule has 0 aliphatic rings. The summed E-state index contributed by atoms with van der Waals surface area (Å²) in [5.41, 5.74) is 1.17. The van der Waals surface area contributed by atoms with Crippen LogP contribution in [-0.2, 0) is 6.54 Å². The lowest BCUT2D eigenvalue weighted by atomic mass is 10.1. The largest absolute Gasteiger partial charge is 0.316 e. The minimum absolute atomic E-state index is 0.130. The number of aryl methyl sites for hydroxylation is 2. The third kappa shape index (κ3) is 4.32. The summed E-state index contributed by atoms with van der Waals surface area (Å²) < 4.78 is 1.80. The molecule has 0 aliphatic heterocycles. The van der Waals surface area contributed by atoms with Crippen molar-refractivity contribution in [2.75, 3.05) is 0 Å². The molecule has 0 spiro atoms. The lowest BCUT2D eigenvalue weighted by molar-refractivity contribution is 0.558. The van der Waals surface area contributed by atoms with Crippen LogP contribution in [0.3, 0.4) is 0 Å². The lowest BCUT2D eigenvalue weighted by Crippen LogP contribution is -2.18. The molecule has 1 aromatic rings. The number of nitrogens with zero attached hydrogens (tertiary/aromatic N) is 1. The maximum Gasteiger partial charge on any atom is 0.250 e. The van der Waals surface area contributed by atoms with E-state index >= 15 is 0 Å². The van der Waals surface area contributed by atoms with E-state index in [4.69, 9.17) is 0 Å². The maximum absolute atomic E-state index is 11.5. The summed E-state index contributed by atoms with van der Waals surface area (Å²) >= 11 is 0. The number of aromatic nitrogens is 1. The molecule has 0 aromatic carbocycles. The van der Waals surface area contributed by atoms with Gasteiger partial charge in [0.05, 0.1) is 0 Å². The third-order valence-corrected chi connectivity index (χ3v) is 2.65. The van der Waals surface area contributed by atoms with Crippen LogP contribution in [0.4, 0.5) is 0 Å². The predicted octanol–water partition coefficient (Wildman–Crippen LogP) is 3.13. The summed E-state index contributed by atoms with van der Waals surface area (Å²) in [6.07, 6.45) is 8.11. The Labute approximate surface area is 91.9 Å². The zero-order chi connectivity index (χ0) is 11.1. The minimum atomic E-state index is 0.130. The molecule has 0 N–H and O–H groups in total. The molecular formula is C13H21NO. The third-order valence-electron chi connectivity index (χ3n) is 2.65. The predicted molar refractivity (Wildman–Crippen MR) is 64.2 cm³/mol. The second-order valence-electron chi connectivity index (χ2n) is 4.15. The first-order valence-electron chi connectivity index (χ1n) is 5.91. The molecule has 2 nitrogen and oxygen atoms in total. The molecule has 0 fully saturated rings. The molecular weight excluding hydrogens is 186 g/mol. The van der Waals surface area contributed by atoms with Gasteiger partial charge in [0.1, 0.15) is 0 Å². The van der Waals surface area contributed by atoms with Gasteiger partial charge in [0, 0.05) is 18.8 Å². The van der Waals surface area contributed by atoms with Crippen molar-refractivity contribution in [1.29, 1.82) is 0 Å². The van der Waals surface area contributed by atoms with Crippen molar-refractivity contribution in [3.63, 3.8) is 0 Å². The van der Waals surface area contributed by atoms with Crippen LogP contribution in [0.15, 0.2) is 23.1 Å². The highest BCUT2D eigenvalue weighted by Crippen LogP contribution is 2.03. The van der Waals surface area contributed by atoms with Crippen LogP contribution in [-0.4, -0.2) is 4.57 Å². The molecule has 0 atom stereocenters. The Morgan fingerprint density at radius 2 is 1.93 bits per heavy atom. The van der Waals surface area contributed by atoms with Gasteiger partial charge >= 0.3 is 0 Å². The second kappa shape index (κ2) is 6.44. The van der Waals surface area contributed by atoms with Gasteiger partial charge in [-0.1, -0.05) is 32.6 Å². The van der Waals surface area contributed by atoms with E-state index in [2.05, 4.69) is 6.92 Å². The van der Waals surface area contributed by atoms with Crippen molar-refractivity contribution in [2.24, 2.45) is 0 Å². The molecule has 0 amide bonds. The second-order valence-corrected chi connectivity index (χ2v) is 4.15. The van der Waals surface area contributed by atoms with E-state index in [-0.39, 0.29) is 5.56 Å². The Hall–Kier alpha value is -1.05. The van der Waals surface area contributed by atoms with Crippen LogP contribution in [0.25, 0.3) is 0 Å². The quantitative estimate of drug-likeness (QED) is 0.657. The van der Waals surface area contributed by atoms with Crippen LogP contribution in [0, 0.1) is 6.92 Å². The summed E-state index contributed by atoms with van der Waals surface area (Å²) in [4.78, 5) is 11.5. The van der Waals surface area contributed by atoms with E-state index in [1.807, 2.05) is 19.2 Å². The first-order chi connectivity index (χ1) is 7.24. The van der Waals surface area contributed by atoms with Crippen LogP contribution in [0.5, 0.6) is 0 Å². The van der Waals surface area contributed by atoms with E-state index in [9.17, 15) is 4.79 Å². The van der Waals surface area contributed by atoms with Gasteiger partial charge in [-0.05, 0) is 25.0 Å². The van der Waals surface area contributed by atoms with E-state index < -0.39 is 0 Å². The molecule has 0 saturated carbocycles. The van der Waals surface area contributed by atoms with Gasteiger partial charge in [0.15, 0.2) is 0 Å². The number of pyridine rings is 1. The van der Waals surface area contributed by atoms with Crippen LogP contribution < -0.4 is 5.56 Å².